The standard InChI is InChI=1S/C12H19N7O/c1-2-14-12-18-10(9-11(19-12)17-7-16-9)15-6-4-3-5-8(13)20/h7H,2-6H2,1H3,(H2,13,20)(H3,14,15,16,17,18,19). The molecule has 0 atom stereocenters. The van der Waals surface area contributed by atoms with Gasteiger partial charge in [0.25, 0.3) is 0 Å². The maximum Gasteiger partial charge on any atom is 0.226 e. The van der Waals surface area contributed by atoms with Crippen molar-refractivity contribution in [3.8, 4) is 0 Å². The summed E-state index contributed by atoms with van der Waals surface area (Å²) in [6.07, 6.45) is 3.61. The number of nitrogens with zero attached hydrogens (tertiary/aromatic N) is 3. The van der Waals surface area contributed by atoms with Crippen molar-refractivity contribution < 1.29 is 4.79 Å². The smallest absolute Gasteiger partial charge is 0.226 e. The first-order valence-corrected chi connectivity index (χ1v) is 6.68. The predicted octanol–water partition coefficient (Wildman–Crippen LogP) is 0.852. The summed E-state index contributed by atoms with van der Waals surface area (Å²) in [5, 5.41) is 6.30. The second kappa shape index (κ2) is 6.69. The molecule has 0 radical (unpaired) electrons. The third-order valence-electron chi connectivity index (χ3n) is 2.76. The van der Waals surface area contributed by atoms with Crippen molar-refractivity contribution >= 4 is 28.8 Å². The van der Waals surface area contributed by atoms with Crippen molar-refractivity contribution in [2.75, 3.05) is 23.7 Å². The van der Waals surface area contributed by atoms with Crippen molar-refractivity contribution in [3.63, 3.8) is 0 Å². The lowest BCUT2D eigenvalue weighted by atomic mass is 10.2. The number of hydrogen-bond acceptors (Lipinski definition) is 6. The molecule has 108 valence electrons. The van der Waals surface area contributed by atoms with E-state index >= 15 is 0 Å². The molecule has 0 aromatic carbocycles. The van der Waals surface area contributed by atoms with E-state index in [-0.39, 0.29) is 5.91 Å². The zero-order valence-corrected chi connectivity index (χ0v) is 11.4. The van der Waals surface area contributed by atoms with E-state index in [1.165, 1.54) is 0 Å². The summed E-state index contributed by atoms with van der Waals surface area (Å²) in [5.41, 5.74) is 6.50. The first kappa shape index (κ1) is 14.0. The molecule has 0 fully saturated rings. The Hall–Kier alpha value is -2.38. The van der Waals surface area contributed by atoms with Gasteiger partial charge in [0.05, 0.1) is 6.33 Å². The van der Waals surface area contributed by atoms with Gasteiger partial charge in [0.1, 0.15) is 5.52 Å². The lowest BCUT2D eigenvalue weighted by molar-refractivity contribution is -0.118. The monoisotopic (exact) mass is 277 g/mol. The molecule has 20 heavy (non-hydrogen) atoms. The maximum absolute atomic E-state index is 10.6. The van der Waals surface area contributed by atoms with E-state index in [1.54, 1.807) is 6.33 Å². The predicted molar refractivity (Wildman–Crippen MR) is 77.4 cm³/mol. The second-order valence-electron chi connectivity index (χ2n) is 4.38. The first-order valence-electron chi connectivity index (χ1n) is 6.68. The molecule has 0 unspecified atom stereocenters. The van der Waals surface area contributed by atoms with Crippen LogP contribution in [0.25, 0.3) is 11.2 Å². The molecule has 0 spiro atoms. The summed E-state index contributed by atoms with van der Waals surface area (Å²) in [5.74, 6) is 0.992. The number of carbonyl (C=O) groups excluding carboxylic acids is 1. The number of carbonyl (C=O) groups is 1. The van der Waals surface area contributed by atoms with E-state index in [0.717, 1.165) is 24.9 Å². The van der Waals surface area contributed by atoms with Gasteiger partial charge in [-0.3, -0.25) is 4.79 Å². The molecule has 2 aromatic rings. The van der Waals surface area contributed by atoms with Gasteiger partial charge in [-0.25, -0.2) is 4.98 Å². The number of unbranched alkanes of at least 4 members (excludes halogenated alkanes) is 1. The van der Waals surface area contributed by atoms with Gasteiger partial charge in [0, 0.05) is 19.5 Å². The van der Waals surface area contributed by atoms with Gasteiger partial charge in [-0.15, -0.1) is 0 Å². The first-order chi connectivity index (χ1) is 9.70. The van der Waals surface area contributed by atoms with Crippen LogP contribution in [0.5, 0.6) is 0 Å². The Morgan fingerprint density at radius 3 is 2.95 bits per heavy atom. The number of nitrogens with one attached hydrogen (secondary N) is 3. The highest BCUT2D eigenvalue weighted by Crippen LogP contribution is 2.18. The molecule has 8 nitrogen and oxygen atoms in total. The minimum atomic E-state index is -0.266. The number of imidazole rings is 1. The highest BCUT2D eigenvalue weighted by Gasteiger charge is 2.09. The van der Waals surface area contributed by atoms with Crippen LogP contribution in [0.3, 0.4) is 0 Å². The van der Waals surface area contributed by atoms with Gasteiger partial charge in [-0.1, -0.05) is 0 Å². The van der Waals surface area contributed by atoms with Crippen molar-refractivity contribution in [2.24, 2.45) is 5.73 Å². The summed E-state index contributed by atoms with van der Waals surface area (Å²) in [7, 11) is 0. The van der Waals surface area contributed by atoms with E-state index < -0.39 is 0 Å². The number of anilines is 2. The Labute approximate surface area is 116 Å². The molecule has 1 amide bonds. The van der Waals surface area contributed by atoms with E-state index in [0.29, 0.717) is 30.4 Å². The highest BCUT2D eigenvalue weighted by atomic mass is 16.1. The number of aromatic nitrogens is 4. The second-order valence-corrected chi connectivity index (χ2v) is 4.38. The molecule has 5 N–H and O–H groups in total. The lowest BCUT2D eigenvalue weighted by Gasteiger charge is -2.08. The van der Waals surface area contributed by atoms with Gasteiger partial charge in [0.2, 0.25) is 11.9 Å². The summed E-state index contributed by atoms with van der Waals surface area (Å²) in [6.45, 7) is 3.44. The average Bonchev–Trinajstić information content (AvgIpc) is 2.86. The maximum atomic E-state index is 10.6. The van der Waals surface area contributed by atoms with Crippen LogP contribution in [-0.2, 0) is 4.79 Å². The third kappa shape index (κ3) is 3.56. The van der Waals surface area contributed by atoms with Gasteiger partial charge in [-0.2, -0.15) is 9.97 Å². The number of aromatic amines is 1. The molecule has 0 saturated heterocycles. The van der Waals surface area contributed by atoms with Crippen LogP contribution in [0.2, 0.25) is 0 Å². The van der Waals surface area contributed by atoms with E-state index in [1.807, 2.05) is 6.92 Å². The Morgan fingerprint density at radius 1 is 1.35 bits per heavy atom. The van der Waals surface area contributed by atoms with Crippen LogP contribution in [0.1, 0.15) is 26.2 Å². The zero-order valence-electron chi connectivity index (χ0n) is 11.4. The topological polar surface area (TPSA) is 122 Å². The number of rotatable bonds is 8. The van der Waals surface area contributed by atoms with E-state index in [2.05, 4.69) is 30.6 Å². The minimum absolute atomic E-state index is 0.266. The fraction of sp³-hybridized carbons (Fsp3) is 0.500. The van der Waals surface area contributed by atoms with Gasteiger partial charge in [-0.05, 0) is 19.8 Å². The van der Waals surface area contributed by atoms with E-state index in [9.17, 15) is 4.79 Å². The number of hydrogen-bond donors (Lipinski definition) is 4. The Bertz CT molecular complexity index is 580. The van der Waals surface area contributed by atoms with E-state index in [4.69, 9.17) is 5.73 Å². The van der Waals surface area contributed by atoms with Crippen LogP contribution < -0.4 is 16.4 Å². The average molecular weight is 277 g/mol. The van der Waals surface area contributed by atoms with Gasteiger partial charge >= 0.3 is 0 Å². The van der Waals surface area contributed by atoms with Crippen LogP contribution >= 0.6 is 0 Å². The molecular weight excluding hydrogens is 258 g/mol. The van der Waals surface area contributed by atoms with Gasteiger partial charge in [0.15, 0.2) is 11.5 Å². The normalized spacial score (nSPS) is 10.7. The summed E-state index contributed by atoms with van der Waals surface area (Å²) in [4.78, 5) is 26.5. The van der Waals surface area contributed by atoms with Crippen LogP contribution in [0.4, 0.5) is 11.8 Å². The molecular formula is C12H19N7O. The molecule has 2 heterocycles. The van der Waals surface area contributed by atoms with Crippen molar-refractivity contribution in [3.05, 3.63) is 6.33 Å². The van der Waals surface area contributed by atoms with Crippen molar-refractivity contribution in [1.29, 1.82) is 0 Å². The quantitative estimate of drug-likeness (QED) is 0.531. The molecule has 0 aliphatic carbocycles. The highest BCUT2D eigenvalue weighted by molar-refractivity contribution is 5.83. The van der Waals surface area contributed by atoms with Crippen molar-refractivity contribution in [1.82, 2.24) is 19.9 Å². The number of nitrogens with two attached hydrogens (primary N) is 1. The number of amides is 1. The largest absolute Gasteiger partial charge is 0.370 e. The lowest BCUT2D eigenvalue weighted by Crippen LogP contribution is -2.11. The fourth-order valence-electron chi connectivity index (χ4n) is 1.83. The Kier molecular flexibility index (Phi) is 4.70. The summed E-state index contributed by atoms with van der Waals surface area (Å²) in [6, 6.07) is 0. The SMILES string of the molecule is CCNc1nc(NCCCCC(N)=O)c2[nH]cnc2n1. The minimum Gasteiger partial charge on any atom is -0.370 e. The summed E-state index contributed by atoms with van der Waals surface area (Å²) >= 11 is 0. The molecule has 0 aliphatic heterocycles. The molecule has 8 heteroatoms. The number of H-pyrrole nitrogens is 1. The molecule has 0 aliphatic rings. The van der Waals surface area contributed by atoms with Crippen LogP contribution in [0.15, 0.2) is 6.33 Å². The van der Waals surface area contributed by atoms with Gasteiger partial charge < -0.3 is 21.4 Å². The Balaban J connectivity index is 2.00. The van der Waals surface area contributed by atoms with Crippen molar-refractivity contribution in [2.45, 2.75) is 26.2 Å². The number of primary amides is 1. The molecule has 0 bridgehead atoms. The zero-order chi connectivity index (χ0) is 14.4. The molecule has 2 rings (SSSR count). The summed E-state index contributed by atoms with van der Waals surface area (Å²) < 4.78 is 0. The molecule has 2 aromatic heterocycles. The third-order valence-corrected chi connectivity index (χ3v) is 2.76. The van der Waals surface area contributed by atoms with Crippen LogP contribution in [-0.4, -0.2) is 38.9 Å². The number of fused-ring (bicyclic) bond motifs is 1. The molecule has 0 saturated carbocycles. The fourth-order valence-corrected chi connectivity index (χ4v) is 1.83. The Morgan fingerprint density at radius 2 is 2.20 bits per heavy atom. The van der Waals surface area contributed by atoms with Crippen LogP contribution in [0, 0.1) is 0 Å².